The molecule has 2 amide bonds. The van der Waals surface area contributed by atoms with E-state index in [-0.39, 0.29) is 25.0 Å². The summed E-state index contributed by atoms with van der Waals surface area (Å²) in [7, 11) is 0. The molecule has 8 nitrogen and oxygen atoms in total. The van der Waals surface area contributed by atoms with E-state index in [1.807, 2.05) is 24.3 Å². The molecule has 2 atom stereocenters. The third kappa shape index (κ3) is 6.00. The van der Waals surface area contributed by atoms with E-state index >= 15 is 0 Å². The topological polar surface area (TPSA) is 89.4 Å². The minimum absolute atomic E-state index is 0.208. The fourth-order valence-electron chi connectivity index (χ4n) is 4.09. The van der Waals surface area contributed by atoms with Gasteiger partial charge >= 0.3 is 6.09 Å². The number of hydrogen-bond acceptors (Lipinski definition) is 5. The molecule has 0 aliphatic carbocycles. The first-order valence-corrected chi connectivity index (χ1v) is 11.5. The summed E-state index contributed by atoms with van der Waals surface area (Å²) in [6.45, 7) is 1.33. The summed E-state index contributed by atoms with van der Waals surface area (Å²) < 4.78 is 35.0. The normalized spacial score (nSPS) is 16.3. The van der Waals surface area contributed by atoms with Crippen LogP contribution in [0.2, 0.25) is 0 Å². The monoisotopic (exact) mass is 483 g/mol. The Hall–Kier alpha value is -3.82. The summed E-state index contributed by atoms with van der Waals surface area (Å²) in [5, 5.41) is 10.2. The molecule has 1 aliphatic heterocycles. The van der Waals surface area contributed by atoms with Crippen molar-refractivity contribution in [1.29, 1.82) is 0 Å². The molecular formula is C25H27F2N5O3. The van der Waals surface area contributed by atoms with Gasteiger partial charge in [0.25, 0.3) is 0 Å². The van der Waals surface area contributed by atoms with Crippen LogP contribution in [0.15, 0.2) is 54.9 Å². The summed E-state index contributed by atoms with van der Waals surface area (Å²) in [6.07, 6.45) is 4.33. The number of aromatic nitrogens is 3. The molecule has 4 rings (SSSR count). The van der Waals surface area contributed by atoms with Gasteiger partial charge in [-0.1, -0.05) is 29.5 Å². The van der Waals surface area contributed by atoms with Crippen LogP contribution in [0.1, 0.15) is 31.4 Å². The maximum absolute atomic E-state index is 14.9. The molecule has 0 radical (unpaired) electrons. The molecule has 0 bridgehead atoms. The first-order valence-electron chi connectivity index (χ1n) is 11.5. The van der Waals surface area contributed by atoms with E-state index in [0.29, 0.717) is 17.7 Å². The molecule has 1 fully saturated rings. The van der Waals surface area contributed by atoms with E-state index in [9.17, 15) is 18.4 Å². The van der Waals surface area contributed by atoms with E-state index in [4.69, 9.17) is 4.74 Å². The lowest BCUT2D eigenvalue weighted by molar-refractivity contribution is -0.119. The molecule has 1 saturated heterocycles. The molecular weight excluding hydrogens is 456 g/mol. The van der Waals surface area contributed by atoms with Crippen molar-refractivity contribution in [3.05, 3.63) is 66.2 Å². The van der Waals surface area contributed by atoms with Gasteiger partial charge in [-0.2, -0.15) is 0 Å². The maximum atomic E-state index is 14.9. The Kier molecular flexibility index (Phi) is 7.69. The largest absolute Gasteiger partial charge is 0.442 e. The van der Waals surface area contributed by atoms with Crippen LogP contribution in [0.4, 0.5) is 19.3 Å². The van der Waals surface area contributed by atoms with E-state index in [2.05, 4.69) is 15.6 Å². The van der Waals surface area contributed by atoms with Gasteiger partial charge in [0.2, 0.25) is 5.91 Å². The lowest BCUT2D eigenvalue weighted by Gasteiger charge is -2.15. The average Bonchev–Trinajstić information content (AvgIpc) is 3.51. The van der Waals surface area contributed by atoms with Crippen LogP contribution in [-0.4, -0.2) is 52.9 Å². The zero-order chi connectivity index (χ0) is 24.8. The molecule has 0 spiro atoms. The average molecular weight is 484 g/mol. The molecule has 2 heterocycles. The van der Waals surface area contributed by atoms with Gasteiger partial charge in [-0.3, -0.25) is 9.69 Å². The standard InChI is InChI=1S/C25H27F2N5O3/c1-17(33)28-15-22-16-31(25(34)35-22)20-9-10-23(24(27)13-20)19-7-5-18(6-8-19)3-2-4-21(14-26)32-12-11-29-30-32/h5-13,21-22H,2-4,14-16H2,1H3,(H,28,33)/t21?,22-/m0/s1. The number of hydrogen-bond donors (Lipinski definition) is 1. The number of carbonyl (C=O) groups excluding carboxylic acids is 2. The predicted octanol–water partition coefficient (Wildman–Crippen LogP) is 4.08. The van der Waals surface area contributed by atoms with Gasteiger partial charge < -0.3 is 10.1 Å². The smallest absolute Gasteiger partial charge is 0.414 e. The number of rotatable bonds is 10. The van der Waals surface area contributed by atoms with Crippen molar-refractivity contribution < 1.29 is 23.1 Å². The number of halogens is 2. The van der Waals surface area contributed by atoms with Crippen LogP contribution in [0.3, 0.4) is 0 Å². The molecule has 1 aliphatic rings. The van der Waals surface area contributed by atoms with Crippen molar-refractivity contribution in [3.63, 3.8) is 0 Å². The highest BCUT2D eigenvalue weighted by atomic mass is 19.1. The minimum atomic E-state index is -0.573. The number of nitrogens with one attached hydrogen (secondary N) is 1. The highest BCUT2D eigenvalue weighted by Gasteiger charge is 2.32. The first-order chi connectivity index (χ1) is 16.9. The zero-order valence-electron chi connectivity index (χ0n) is 19.4. The first kappa shape index (κ1) is 24.3. The van der Waals surface area contributed by atoms with Crippen LogP contribution in [0, 0.1) is 5.82 Å². The number of amides is 2. The summed E-state index contributed by atoms with van der Waals surface area (Å²) in [5.41, 5.74) is 2.61. The van der Waals surface area contributed by atoms with E-state index in [1.54, 1.807) is 23.0 Å². The molecule has 1 N–H and O–H groups in total. The van der Waals surface area contributed by atoms with Crippen LogP contribution in [-0.2, 0) is 16.0 Å². The summed E-state index contributed by atoms with van der Waals surface area (Å²) in [6, 6.07) is 11.9. The fraction of sp³-hybridized carbons (Fsp3) is 0.360. The van der Waals surface area contributed by atoms with Crippen LogP contribution in [0.25, 0.3) is 11.1 Å². The summed E-state index contributed by atoms with van der Waals surface area (Å²) in [5.74, 6) is -0.663. The molecule has 2 aromatic carbocycles. The Morgan fingerprint density at radius 3 is 2.71 bits per heavy atom. The number of anilines is 1. The summed E-state index contributed by atoms with van der Waals surface area (Å²) in [4.78, 5) is 24.6. The Morgan fingerprint density at radius 2 is 2.06 bits per heavy atom. The minimum Gasteiger partial charge on any atom is -0.442 e. The van der Waals surface area contributed by atoms with Gasteiger partial charge in [0, 0.05) is 18.7 Å². The Morgan fingerprint density at radius 1 is 1.26 bits per heavy atom. The number of aryl methyl sites for hydroxylation is 1. The van der Waals surface area contributed by atoms with E-state index in [1.165, 1.54) is 24.1 Å². The zero-order valence-corrected chi connectivity index (χ0v) is 19.4. The Bertz CT molecular complexity index is 1150. The lowest BCUT2D eigenvalue weighted by atomic mass is 10.00. The molecule has 3 aromatic rings. The van der Waals surface area contributed by atoms with Gasteiger partial charge in [0.05, 0.1) is 31.0 Å². The SMILES string of the molecule is CC(=O)NC[C@H]1CN(c2ccc(-c3ccc(CCCC(CF)n4ccnn4)cc3)c(F)c2)C(=O)O1. The second-order valence-corrected chi connectivity index (χ2v) is 8.50. The van der Waals surface area contributed by atoms with E-state index in [0.717, 1.165) is 24.0 Å². The number of cyclic esters (lactones) is 1. The van der Waals surface area contributed by atoms with Gasteiger partial charge in [0.15, 0.2) is 0 Å². The van der Waals surface area contributed by atoms with Gasteiger partial charge in [0.1, 0.15) is 18.6 Å². The number of benzene rings is 2. The van der Waals surface area contributed by atoms with Gasteiger partial charge in [-0.05, 0) is 48.6 Å². The van der Waals surface area contributed by atoms with Gasteiger partial charge in [-0.25, -0.2) is 18.3 Å². The van der Waals surface area contributed by atoms with Crippen LogP contribution in [0.5, 0.6) is 0 Å². The van der Waals surface area contributed by atoms with Crippen molar-refractivity contribution in [1.82, 2.24) is 20.3 Å². The Labute approximate surface area is 201 Å². The highest BCUT2D eigenvalue weighted by molar-refractivity contribution is 5.90. The summed E-state index contributed by atoms with van der Waals surface area (Å²) >= 11 is 0. The molecule has 184 valence electrons. The molecule has 0 saturated carbocycles. The quantitative estimate of drug-likeness (QED) is 0.469. The molecule has 1 aromatic heterocycles. The van der Waals surface area contributed by atoms with Crippen LogP contribution >= 0.6 is 0 Å². The number of nitrogens with zero attached hydrogens (tertiary/aromatic N) is 4. The second-order valence-electron chi connectivity index (χ2n) is 8.50. The molecule has 10 heteroatoms. The lowest BCUT2D eigenvalue weighted by Crippen LogP contribution is -2.33. The third-order valence-corrected chi connectivity index (χ3v) is 5.98. The maximum Gasteiger partial charge on any atom is 0.414 e. The van der Waals surface area contributed by atoms with Crippen molar-refractivity contribution >= 4 is 17.7 Å². The van der Waals surface area contributed by atoms with Crippen molar-refractivity contribution in [3.8, 4) is 11.1 Å². The predicted molar refractivity (Wildman–Crippen MR) is 126 cm³/mol. The Balaban J connectivity index is 1.35. The van der Waals surface area contributed by atoms with Crippen LogP contribution < -0.4 is 10.2 Å². The second kappa shape index (κ2) is 11.1. The van der Waals surface area contributed by atoms with E-state index < -0.39 is 24.7 Å². The molecule has 1 unspecified atom stereocenters. The van der Waals surface area contributed by atoms with Crippen molar-refractivity contribution in [2.45, 2.75) is 38.3 Å². The fourth-order valence-corrected chi connectivity index (χ4v) is 4.09. The van der Waals surface area contributed by atoms with Crippen molar-refractivity contribution in [2.75, 3.05) is 24.7 Å². The number of ether oxygens (including phenoxy) is 1. The highest BCUT2D eigenvalue weighted by Crippen LogP contribution is 2.29. The number of carbonyl (C=O) groups is 2. The molecule has 35 heavy (non-hydrogen) atoms. The third-order valence-electron chi connectivity index (χ3n) is 5.98. The van der Waals surface area contributed by atoms with Gasteiger partial charge in [-0.15, -0.1) is 5.10 Å². The van der Waals surface area contributed by atoms with Crippen molar-refractivity contribution in [2.24, 2.45) is 0 Å². The number of alkyl halides is 1.